The van der Waals surface area contributed by atoms with E-state index in [4.69, 9.17) is 4.74 Å². The van der Waals surface area contributed by atoms with Crippen LogP contribution in [-0.4, -0.2) is 21.0 Å². The minimum atomic E-state index is -0.521. The van der Waals surface area contributed by atoms with Crippen molar-refractivity contribution in [2.75, 3.05) is 0 Å². The van der Waals surface area contributed by atoms with E-state index >= 15 is 0 Å². The second-order valence-electron chi connectivity index (χ2n) is 5.52. The molecular weight excluding hydrogens is 382 g/mol. The number of fused-ring (bicyclic) bond motifs is 1. The van der Waals surface area contributed by atoms with Crippen LogP contribution in [0.2, 0.25) is 0 Å². The molecule has 0 aliphatic heterocycles. The largest absolute Gasteiger partial charge is 0.438 e. The van der Waals surface area contributed by atoms with Crippen molar-refractivity contribution < 1.29 is 9.53 Å². The molecule has 0 spiro atoms. The van der Waals surface area contributed by atoms with Crippen LogP contribution in [0.25, 0.3) is 22.6 Å². The molecule has 27 heavy (non-hydrogen) atoms. The summed E-state index contributed by atoms with van der Waals surface area (Å²) in [6.07, 6.45) is 1.79. The number of carbonyl (C=O) groups excluding carboxylic acids is 1. The maximum Gasteiger partial charge on any atom is 0.341 e. The lowest BCUT2D eigenvalue weighted by Gasteiger charge is -2.08. The fraction of sp³-hybridized carbons (Fsp3) is 0.0526. The van der Waals surface area contributed by atoms with Crippen molar-refractivity contribution in [1.29, 1.82) is 0 Å². The first-order valence-corrected chi connectivity index (χ1v) is 9.77. The first kappa shape index (κ1) is 17.3. The second-order valence-corrected chi connectivity index (χ2v) is 7.45. The Morgan fingerprint density at radius 1 is 1.07 bits per heavy atom. The number of rotatable bonds is 5. The molecule has 0 atom stereocenters. The number of ether oxygens (including phenoxy) is 1. The average Bonchev–Trinajstić information content (AvgIpc) is 3.39. The van der Waals surface area contributed by atoms with Gasteiger partial charge in [0.1, 0.15) is 5.52 Å². The van der Waals surface area contributed by atoms with Crippen LogP contribution in [0.5, 0.6) is 0 Å². The highest BCUT2D eigenvalue weighted by atomic mass is 32.1. The van der Waals surface area contributed by atoms with Crippen LogP contribution in [0.1, 0.15) is 9.75 Å². The Balaban J connectivity index is 1.59. The van der Waals surface area contributed by atoms with E-state index in [2.05, 4.69) is 10.3 Å². The van der Waals surface area contributed by atoms with Crippen molar-refractivity contribution in [2.24, 2.45) is 0 Å². The Morgan fingerprint density at radius 2 is 1.89 bits per heavy atom. The lowest BCUT2D eigenvalue weighted by Crippen LogP contribution is -2.26. The second kappa shape index (κ2) is 7.65. The van der Waals surface area contributed by atoms with E-state index in [1.54, 1.807) is 30.3 Å². The Hall–Kier alpha value is -3.10. The minimum absolute atomic E-state index is 0.303. The highest BCUT2D eigenvalue weighted by Crippen LogP contribution is 2.25. The van der Waals surface area contributed by atoms with Gasteiger partial charge >= 0.3 is 5.97 Å². The number of carbonyl (C=O) groups is 1. The lowest BCUT2D eigenvalue weighted by atomic mass is 10.2. The highest BCUT2D eigenvalue weighted by Gasteiger charge is 2.16. The van der Waals surface area contributed by atoms with Gasteiger partial charge in [-0.3, -0.25) is 4.79 Å². The van der Waals surface area contributed by atoms with Gasteiger partial charge < -0.3 is 4.74 Å². The van der Waals surface area contributed by atoms with E-state index in [1.807, 2.05) is 35.0 Å². The molecule has 0 unspecified atom stereocenters. The Labute approximate surface area is 162 Å². The van der Waals surface area contributed by atoms with E-state index in [1.165, 1.54) is 22.7 Å². The van der Waals surface area contributed by atoms with Gasteiger partial charge in [0, 0.05) is 9.75 Å². The Bertz CT molecular complexity index is 1160. The zero-order valence-electron chi connectivity index (χ0n) is 13.9. The summed E-state index contributed by atoms with van der Waals surface area (Å²) in [7, 11) is 0. The molecule has 0 radical (unpaired) electrons. The van der Waals surface area contributed by atoms with Crippen molar-refractivity contribution in [3.63, 3.8) is 0 Å². The van der Waals surface area contributed by atoms with E-state index in [0.29, 0.717) is 16.5 Å². The number of nitrogens with zero attached hydrogens (tertiary/aromatic N) is 3. The number of thiophene rings is 2. The van der Waals surface area contributed by atoms with Crippen molar-refractivity contribution >= 4 is 51.2 Å². The molecule has 134 valence electrons. The van der Waals surface area contributed by atoms with Crippen molar-refractivity contribution in [3.05, 3.63) is 79.4 Å². The quantitative estimate of drug-likeness (QED) is 0.381. The third-order valence-electron chi connectivity index (χ3n) is 3.78. The molecule has 0 aliphatic rings. The number of hydrogen-bond acceptors (Lipinski definition) is 7. The molecule has 0 bridgehead atoms. The summed E-state index contributed by atoms with van der Waals surface area (Å²) >= 11 is 2.97. The summed E-state index contributed by atoms with van der Waals surface area (Å²) in [5, 5.41) is 12.1. The van der Waals surface area contributed by atoms with Gasteiger partial charge in [-0.25, -0.2) is 4.79 Å². The molecule has 4 aromatic rings. The number of benzene rings is 1. The molecular formula is C19H13N3O3S2. The summed E-state index contributed by atoms with van der Waals surface area (Å²) in [6.45, 7) is -0.303. The highest BCUT2D eigenvalue weighted by molar-refractivity contribution is 7.12. The Morgan fingerprint density at radius 3 is 2.67 bits per heavy atom. The molecule has 3 aromatic heterocycles. The number of esters is 1. The minimum Gasteiger partial charge on any atom is -0.438 e. The van der Waals surface area contributed by atoms with E-state index < -0.39 is 5.97 Å². The summed E-state index contributed by atoms with van der Waals surface area (Å²) in [6, 6.07) is 14.5. The van der Waals surface area contributed by atoms with Crippen LogP contribution in [0.15, 0.2) is 64.1 Å². The lowest BCUT2D eigenvalue weighted by molar-refractivity contribution is -0.140. The molecule has 0 saturated carbocycles. The molecule has 3 heterocycles. The summed E-state index contributed by atoms with van der Waals surface area (Å²) in [4.78, 5) is 26.9. The fourth-order valence-corrected chi connectivity index (χ4v) is 3.87. The SMILES string of the molecule is O=C(OCn1nnc2ccccc2c1=O)/C(=C/c1cccs1)c1cccs1. The summed E-state index contributed by atoms with van der Waals surface area (Å²) in [5.41, 5.74) is 0.587. The summed E-state index contributed by atoms with van der Waals surface area (Å²) < 4.78 is 6.40. The predicted molar refractivity (Wildman–Crippen MR) is 106 cm³/mol. The first-order valence-electron chi connectivity index (χ1n) is 8.01. The van der Waals surface area contributed by atoms with Crippen LogP contribution < -0.4 is 5.56 Å². The molecule has 0 fully saturated rings. The van der Waals surface area contributed by atoms with Gasteiger partial charge in [0.2, 0.25) is 0 Å². The van der Waals surface area contributed by atoms with Crippen LogP contribution in [0, 0.1) is 0 Å². The molecule has 1 aromatic carbocycles. The Kier molecular flexibility index (Phi) is 4.91. The smallest absolute Gasteiger partial charge is 0.341 e. The van der Waals surface area contributed by atoms with Gasteiger partial charge in [-0.2, -0.15) is 4.68 Å². The van der Waals surface area contributed by atoms with Gasteiger partial charge in [0.25, 0.3) is 5.56 Å². The third kappa shape index (κ3) is 3.71. The van der Waals surface area contributed by atoms with Crippen LogP contribution in [0.4, 0.5) is 0 Å². The zero-order chi connectivity index (χ0) is 18.6. The van der Waals surface area contributed by atoms with Gasteiger partial charge in [-0.15, -0.1) is 27.8 Å². The number of hydrogen-bond donors (Lipinski definition) is 0. The molecule has 4 rings (SSSR count). The molecule has 0 amide bonds. The van der Waals surface area contributed by atoms with Gasteiger partial charge in [-0.05, 0) is 41.1 Å². The average molecular weight is 395 g/mol. The molecule has 8 heteroatoms. The van der Waals surface area contributed by atoms with E-state index in [-0.39, 0.29) is 12.3 Å². The topological polar surface area (TPSA) is 74.1 Å². The third-order valence-corrected chi connectivity index (χ3v) is 5.51. The normalized spacial score (nSPS) is 11.6. The zero-order valence-corrected chi connectivity index (χ0v) is 15.6. The summed E-state index contributed by atoms with van der Waals surface area (Å²) in [5.74, 6) is -0.521. The van der Waals surface area contributed by atoms with Gasteiger partial charge in [0.15, 0.2) is 6.73 Å². The fourth-order valence-electron chi connectivity index (χ4n) is 2.48. The van der Waals surface area contributed by atoms with E-state index in [9.17, 15) is 9.59 Å². The van der Waals surface area contributed by atoms with Crippen molar-refractivity contribution in [2.45, 2.75) is 6.73 Å². The van der Waals surface area contributed by atoms with Crippen LogP contribution >= 0.6 is 22.7 Å². The number of aromatic nitrogens is 3. The van der Waals surface area contributed by atoms with Crippen LogP contribution in [-0.2, 0) is 16.3 Å². The van der Waals surface area contributed by atoms with Gasteiger partial charge in [0.05, 0.1) is 11.0 Å². The van der Waals surface area contributed by atoms with Crippen molar-refractivity contribution in [3.8, 4) is 0 Å². The monoisotopic (exact) mass is 395 g/mol. The molecule has 6 nitrogen and oxygen atoms in total. The van der Waals surface area contributed by atoms with Crippen molar-refractivity contribution in [1.82, 2.24) is 15.0 Å². The maximum atomic E-state index is 12.7. The molecule has 0 saturated heterocycles. The molecule has 0 N–H and O–H groups in total. The van der Waals surface area contributed by atoms with Gasteiger partial charge in [-0.1, -0.05) is 29.5 Å². The maximum absolute atomic E-state index is 12.7. The van der Waals surface area contributed by atoms with Crippen LogP contribution in [0.3, 0.4) is 0 Å². The molecule has 0 aliphatic carbocycles. The first-order chi connectivity index (χ1) is 13.2. The van der Waals surface area contributed by atoms with E-state index in [0.717, 1.165) is 14.4 Å². The standard InChI is InChI=1S/C19H13N3O3S2/c23-18-14-6-1-2-7-16(14)20-21-22(18)12-25-19(24)15(17-8-4-10-27-17)11-13-5-3-9-26-13/h1-11H,12H2/b15-11+. The predicted octanol–water partition coefficient (Wildman–Crippen LogP) is 3.66.